The van der Waals surface area contributed by atoms with Crippen molar-refractivity contribution in [2.45, 2.75) is 199 Å². The molecule has 3 aliphatic rings. The van der Waals surface area contributed by atoms with E-state index in [9.17, 15) is 43.2 Å². The summed E-state index contributed by atoms with van der Waals surface area (Å²) < 4.78 is 12.9. The zero-order chi connectivity index (χ0) is 60.0. The Morgan fingerprint density at radius 1 is 0.537 bits per heavy atom. The summed E-state index contributed by atoms with van der Waals surface area (Å²) in [6.45, 7) is 15.1. The fourth-order valence-electron chi connectivity index (χ4n) is 10.6. The highest BCUT2D eigenvalue weighted by molar-refractivity contribution is 5.98. The van der Waals surface area contributed by atoms with Gasteiger partial charge in [0.25, 0.3) is 0 Å². The summed E-state index contributed by atoms with van der Waals surface area (Å²) in [4.78, 5) is 131. The van der Waals surface area contributed by atoms with Gasteiger partial charge in [0.2, 0.25) is 53.2 Å². The van der Waals surface area contributed by atoms with Crippen LogP contribution in [0.3, 0.4) is 0 Å². The molecule has 0 aromatic heterocycles. The number of amides is 9. The number of hydrogen-bond donors (Lipinski definition) is 10. The van der Waals surface area contributed by atoms with Gasteiger partial charge >= 0.3 is 0 Å². The van der Waals surface area contributed by atoms with Crippen molar-refractivity contribution in [1.29, 1.82) is 0 Å². The maximum atomic E-state index is 14.9. The Balaban J connectivity index is 1.54. The van der Waals surface area contributed by atoms with Crippen LogP contribution in [0.1, 0.15) is 131 Å². The molecule has 454 valence electrons. The predicted molar refractivity (Wildman–Crippen MR) is 309 cm³/mol. The SMILES string of the molecule is CC(C)C[C@@H]1NC(=O)[C@H](CCCN)NC(=O)[C@H](C(C)C)NC(=O)[C@H]2CC[C@H](OCc3ccccc3)[C@@H](CNC(=O)[C@H](CC(C)C)NC(=O)[C@@H](CCCN)NC(=O)[C@H](C(C)C)NC(=O)[C@@H]3CCCN3C(=O)[C@@H](Cc3ccccc3)NC1=O)O2. The number of nitrogens with one attached hydrogen (secondary N) is 8. The van der Waals surface area contributed by atoms with E-state index in [-0.39, 0.29) is 89.6 Å². The van der Waals surface area contributed by atoms with Crippen LogP contribution in [-0.4, -0.2) is 151 Å². The third-order valence-corrected chi connectivity index (χ3v) is 15.1. The van der Waals surface area contributed by atoms with Crippen molar-refractivity contribution >= 4 is 53.2 Å². The summed E-state index contributed by atoms with van der Waals surface area (Å²) in [6.07, 6.45) is -0.0721. The van der Waals surface area contributed by atoms with Gasteiger partial charge in [-0.15, -0.1) is 0 Å². The lowest BCUT2D eigenvalue weighted by Gasteiger charge is -2.37. The second kappa shape index (κ2) is 33.0. The van der Waals surface area contributed by atoms with Crippen LogP contribution in [0.4, 0.5) is 0 Å². The summed E-state index contributed by atoms with van der Waals surface area (Å²) in [5.74, 6) is -6.78. The Hall–Kier alpha value is -6.49. The number of hydrogen-bond acceptors (Lipinski definition) is 13. The molecule has 0 aliphatic carbocycles. The molecule has 2 bridgehead atoms. The summed E-state index contributed by atoms with van der Waals surface area (Å²) in [7, 11) is 0. The average Bonchev–Trinajstić information content (AvgIpc) is 4.07. The van der Waals surface area contributed by atoms with Crippen molar-refractivity contribution < 1.29 is 52.6 Å². The van der Waals surface area contributed by atoms with Crippen molar-refractivity contribution in [1.82, 2.24) is 47.4 Å². The first kappa shape index (κ1) is 66.3. The lowest BCUT2D eigenvalue weighted by molar-refractivity contribution is -0.164. The molecule has 2 aromatic rings. The lowest BCUT2D eigenvalue weighted by atomic mass is 9.97. The Bertz CT molecular complexity index is 2430. The number of nitrogens with two attached hydrogens (primary N) is 2. The topological polar surface area (TPSA) is 324 Å². The Kier molecular flexibility index (Phi) is 26.7. The van der Waals surface area contributed by atoms with Gasteiger partial charge < -0.3 is 68.4 Å². The van der Waals surface area contributed by atoms with Crippen LogP contribution in [0.2, 0.25) is 0 Å². The Morgan fingerprint density at radius 2 is 1.01 bits per heavy atom. The minimum atomic E-state index is -1.21. The van der Waals surface area contributed by atoms with E-state index in [1.54, 1.807) is 39.8 Å². The molecular formula is C60H93N11O11. The molecule has 3 saturated heterocycles. The zero-order valence-corrected chi connectivity index (χ0v) is 49.3. The van der Waals surface area contributed by atoms with Crippen LogP contribution in [0, 0.1) is 23.7 Å². The highest BCUT2D eigenvalue weighted by atomic mass is 16.6. The van der Waals surface area contributed by atoms with Gasteiger partial charge in [0.1, 0.15) is 60.5 Å². The van der Waals surface area contributed by atoms with Crippen molar-refractivity contribution in [3.8, 4) is 0 Å². The number of carbonyl (C=O) groups is 9. The number of fused-ring (bicyclic) bond motifs is 3. The smallest absolute Gasteiger partial charge is 0.249 e. The van der Waals surface area contributed by atoms with E-state index in [4.69, 9.17) is 20.9 Å². The third-order valence-electron chi connectivity index (χ3n) is 15.1. The largest absolute Gasteiger partial charge is 0.371 e. The molecule has 0 radical (unpaired) electrons. The van der Waals surface area contributed by atoms with Crippen LogP contribution in [0.25, 0.3) is 0 Å². The highest BCUT2D eigenvalue weighted by Crippen LogP contribution is 2.25. The number of ether oxygens (including phenoxy) is 2. The Labute approximate surface area is 484 Å². The first-order valence-corrected chi connectivity index (χ1v) is 29.6. The normalized spacial score (nSPS) is 27.4. The fourth-order valence-corrected chi connectivity index (χ4v) is 10.6. The summed E-state index contributed by atoms with van der Waals surface area (Å²) in [5.41, 5.74) is 13.5. The van der Waals surface area contributed by atoms with E-state index in [0.717, 1.165) is 5.56 Å². The Morgan fingerprint density at radius 3 is 1.52 bits per heavy atom. The van der Waals surface area contributed by atoms with Crippen molar-refractivity contribution in [2.75, 3.05) is 26.2 Å². The van der Waals surface area contributed by atoms with Crippen molar-refractivity contribution in [3.63, 3.8) is 0 Å². The molecule has 0 saturated carbocycles. The number of rotatable bonds is 17. The number of carbonyl (C=O) groups excluding carboxylic acids is 9. The molecule has 2 aromatic carbocycles. The van der Waals surface area contributed by atoms with E-state index in [0.29, 0.717) is 31.2 Å². The van der Waals surface area contributed by atoms with Crippen LogP contribution < -0.4 is 54.0 Å². The third kappa shape index (κ3) is 20.1. The van der Waals surface area contributed by atoms with Gasteiger partial charge in [0.05, 0.1) is 12.7 Å². The molecule has 12 N–H and O–H groups in total. The van der Waals surface area contributed by atoms with Gasteiger partial charge in [-0.05, 0) is 112 Å². The molecule has 82 heavy (non-hydrogen) atoms. The predicted octanol–water partition coefficient (Wildman–Crippen LogP) is 1.76. The van der Waals surface area contributed by atoms with Crippen LogP contribution >= 0.6 is 0 Å². The second-order valence-corrected chi connectivity index (χ2v) is 23.6. The van der Waals surface area contributed by atoms with Gasteiger partial charge in [0, 0.05) is 19.5 Å². The molecule has 5 rings (SSSR count). The molecule has 0 spiro atoms. The van der Waals surface area contributed by atoms with Crippen molar-refractivity contribution in [3.05, 3.63) is 71.8 Å². The molecule has 3 fully saturated rings. The maximum absolute atomic E-state index is 14.9. The molecule has 0 unspecified atom stereocenters. The number of nitrogens with zero attached hydrogens (tertiary/aromatic N) is 1. The van der Waals surface area contributed by atoms with Gasteiger partial charge in [0.15, 0.2) is 0 Å². The first-order chi connectivity index (χ1) is 39.1. The van der Waals surface area contributed by atoms with Crippen LogP contribution in [0.5, 0.6) is 0 Å². The van der Waals surface area contributed by atoms with Gasteiger partial charge in [-0.2, -0.15) is 0 Å². The standard InChI is InChI=1S/C60H93N11O11/c1-35(2)30-43-52(72)63-33-49-47(81-34-40-20-13-10-14-21-40)25-26-48(82-49)57(77)70-51(38(7)8)59(79)65-42(23-16-28-62)54(74)67-44(31-36(3)4)55(75)68-45(32-39-18-11-9-12-19-39)60(80)71-29-17-24-46(71)56(76)69-50(37(5)6)58(78)64-41(22-15-27-61)53(73)66-43/h9-14,18-21,35-38,41-51H,15-17,22-34,61-62H2,1-8H3,(H,63,72)(H,64,78)(H,65,79)(H,66,73)(H,67,74)(H,68,75)(H,69,76)(H,70,77)/t41-,42+,43+,44+,45-,46+,47+,48-,49-,50+,51+/m1/s1. The minimum Gasteiger partial charge on any atom is -0.371 e. The maximum Gasteiger partial charge on any atom is 0.249 e. The molecular weight excluding hydrogens is 1050 g/mol. The minimum absolute atomic E-state index is 0.0359. The van der Waals surface area contributed by atoms with E-state index < -0.39 is 132 Å². The summed E-state index contributed by atoms with van der Waals surface area (Å²) >= 11 is 0. The van der Waals surface area contributed by atoms with E-state index in [2.05, 4.69) is 42.5 Å². The molecule has 3 heterocycles. The van der Waals surface area contributed by atoms with Crippen molar-refractivity contribution in [2.24, 2.45) is 35.1 Å². The van der Waals surface area contributed by atoms with E-state index >= 15 is 0 Å². The monoisotopic (exact) mass is 1140 g/mol. The first-order valence-electron chi connectivity index (χ1n) is 29.6. The molecule has 22 nitrogen and oxygen atoms in total. The summed E-state index contributed by atoms with van der Waals surface area (Å²) in [6, 6.07) is 9.34. The summed E-state index contributed by atoms with van der Waals surface area (Å²) in [5, 5.41) is 22.9. The van der Waals surface area contributed by atoms with E-state index in [1.807, 2.05) is 76.2 Å². The molecule has 9 amide bonds. The lowest BCUT2D eigenvalue weighted by Crippen LogP contribution is -2.61. The number of benzene rings is 2. The van der Waals surface area contributed by atoms with Crippen LogP contribution in [-0.2, 0) is 65.7 Å². The van der Waals surface area contributed by atoms with E-state index in [1.165, 1.54) is 4.90 Å². The molecule has 22 heteroatoms. The second-order valence-electron chi connectivity index (χ2n) is 23.6. The zero-order valence-electron chi connectivity index (χ0n) is 49.3. The average molecular weight is 1140 g/mol. The van der Waals surface area contributed by atoms with Crippen LogP contribution in [0.15, 0.2) is 60.7 Å². The van der Waals surface area contributed by atoms with Gasteiger partial charge in [-0.1, -0.05) is 116 Å². The fraction of sp³-hybridized carbons (Fsp3) is 0.650. The van der Waals surface area contributed by atoms with Gasteiger partial charge in [-0.3, -0.25) is 43.2 Å². The highest BCUT2D eigenvalue weighted by Gasteiger charge is 2.42. The molecule has 3 aliphatic heterocycles. The van der Waals surface area contributed by atoms with Gasteiger partial charge in [-0.25, -0.2) is 0 Å². The molecule has 11 atom stereocenters. The quantitative estimate of drug-likeness (QED) is 0.108.